The Balaban J connectivity index is 1.80. The fraction of sp³-hybridized carbons (Fsp3) is 0.900. The third-order valence-electron chi connectivity index (χ3n) is 3.11. The number of carbonyl (C=O) groups is 1. The molecule has 0 bridgehead atoms. The molecule has 1 aliphatic heterocycles. The van der Waals surface area contributed by atoms with Crippen molar-refractivity contribution >= 4 is 15.9 Å². The fourth-order valence-electron chi connectivity index (χ4n) is 2.11. The summed E-state index contributed by atoms with van der Waals surface area (Å²) in [6.07, 6.45) is 4.69. The van der Waals surface area contributed by atoms with Crippen molar-refractivity contribution in [3.63, 3.8) is 0 Å². The minimum Gasteiger partial charge on any atom is -0.342 e. The van der Waals surface area contributed by atoms with Gasteiger partial charge < -0.3 is 4.90 Å². The molecule has 1 N–H and O–H groups in total. The molecule has 0 unspecified atom stereocenters. The molecule has 1 aliphatic carbocycles. The predicted octanol–water partition coefficient (Wildman–Crippen LogP) is -0.0634. The Morgan fingerprint density at radius 1 is 1.19 bits per heavy atom. The van der Waals surface area contributed by atoms with E-state index in [1.807, 2.05) is 4.90 Å². The van der Waals surface area contributed by atoms with Crippen LogP contribution >= 0.6 is 0 Å². The van der Waals surface area contributed by atoms with Crippen molar-refractivity contribution in [1.82, 2.24) is 9.62 Å². The van der Waals surface area contributed by atoms with Crippen LogP contribution in [0.2, 0.25) is 0 Å². The molecular formula is C10H18N2O3S. The summed E-state index contributed by atoms with van der Waals surface area (Å²) in [6, 6.07) is -0.00162. The first-order chi connectivity index (χ1) is 7.46. The SMILES string of the molecule is CS(=O)(=O)NC1CCN(C(=O)C2CC2)CC1. The van der Waals surface area contributed by atoms with Crippen LogP contribution in [0.3, 0.4) is 0 Å². The topological polar surface area (TPSA) is 66.5 Å². The monoisotopic (exact) mass is 246 g/mol. The molecular weight excluding hydrogens is 228 g/mol. The van der Waals surface area contributed by atoms with Gasteiger partial charge in [0.15, 0.2) is 0 Å². The summed E-state index contributed by atoms with van der Waals surface area (Å²) >= 11 is 0. The lowest BCUT2D eigenvalue weighted by Crippen LogP contribution is -2.46. The van der Waals surface area contributed by atoms with Crippen molar-refractivity contribution in [2.24, 2.45) is 5.92 Å². The van der Waals surface area contributed by atoms with Gasteiger partial charge in [-0.05, 0) is 25.7 Å². The van der Waals surface area contributed by atoms with Crippen molar-refractivity contribution < 1.29 is 13.2 Å². The van der Waals surface area contributed by atoms with E-state index in [4.69, 9.17) is 0 Å². The second-order valence-corrected chi connectivity index (χ2v) is 6.54. The molecule has 0 spiro atoms. The molecule has 0 radical (unpaired) electrons. The molecule has 1 amide bonds. The minimum absolute atomic E-state index is 0.00162. The Hall–Kier alpha value is -0.620. The van der Waals surface area contributed by atoms with Crippen LogP contribution in [-0.2, 0) is 14.8 Å². The second kappa shape index (κ2) is 4.33. The maximum atomic E-state index is 11.7. The van der Waals surface area contributed by atoms with E-state index >= 15 is 0 Å². The number of sulfonamides is 1. The molecule has 2 aliphatic rings. The fourth-order valence-corrected chi connectivity index (χ4v) is 2.95. The van der Waals surface area contributed by atoms with Gasteiger partial charge in [0.25, 0.3) is 0 Å². The van der Waals surface area contributed by atoms with Crippen LogP contribution < -0.4 is 4.72 Å². The number of amides is 1. The molecule has 0 aromatic carbocycles. The minimum atomic E-state index is -3.12. The first-order valence-corrected chi connectivity index (χ1v) is 7.61. The van der Waals surface area contributed by atoms with Crippen LogP contribution in [0.1, 0.15) is 25.7 Å². The van der Waals surface area contributed by atoms with Gasteiger partial charge in [0.05, 0.1) is 6.26 Å². The first-order valence-electron chi connectivity index (χ1n) is 5.72. The van der Waals surface area contributed by atoms with E-state index in [9.17, 15) is 13.2 Å². The van der Waals surface area contributed by atoms with Crippen LogP contribution in [-0.4, -0.2) is 44.6 Å². The zero-order valence-corrected chi connectivity index (χ0v) is 10.3. The quantitative estimate of drug-likeness (QED) is 0.758. The summed E-state index contributed by atoms with van der Waals surface area (Å²) in [5.74, 6) is 0.525. The number of hydrogen-bond donors (Lipinski definition) is 1. The largest absolute Gasteiger partial charge is 0.342 e. The Kier molecular flexibility index (Phi) is 3.21. The molecule has 6 heteroatoms. The number of carbonyl (C=O) groups excluding carboxylic acids is 1. The molecule has 2 rings (SSSR count). The van der Waals surface area contributed by atoms with Crippen molar-refractivity contribution in [2.45, 2.75) is 31.7 Å². The Bertz CT molecular complexity index is 368. The van der Waals surface area contributed by atoms with Crippen molar-refractivity contribution in [3.05, 3.63) is 0 Å². The van der Waals surface area contributed by atoms with Gasteiger partial charge in [-0.3, -0.25) is 4.79 Å². The Labute approximate surface area is 96.2 Å². The lowest BCUT2D eigenvalue weighted by atomic mass is 10.1. The van der Waals surface area contributed by atoms with Gasteiger partial charge in [0, 0.05) is 25.0 Å². The molecule has 0 atom stereocenters. The third kappa shape index (κ3) is 3.18. The highest BCUT2D eigenvalue weighted by Crippen LogP contribution is 2.31. The van der Waals surface area contributed by atoms with E-state index in [-0.39, 0.29) is 17.9 Å². The maximum absolute atomic E-state index is 11.7. The first kappa shape index (κ1) is 11.9. The van der Waals surface area contributed by atoms with Crippen molar-refractivity contribution in [3.8, 4) is 0 Å². The van der Waals surface area contributed by atoms with Crippen molar-refractivity contribution in [2.75, 3.05) is 19.3 Å². The van der Waals surface area contributed by atoms with Gasteiger partial charge in [-0.1, -0.05) is 0 Å². The average molecular weight is 246 g/mol. The van der Waals surface area contributed by atoms with E-state index in [1.165, 1.54) is 6.26 Å². The summed E-state index contributed by atoms with van der Waals surface area (Å²) in [5.41, 5.74) is 0. The predicted molar refractivity (Wildman–Crippen MR) is 60.3 cm³/mol. The molecule has 16 heavy (non-hydrogen) atoms. The highest BCUT2D eigenvalue weighted by atomic mass is 32.2. The standard InChI is InChI=1S/C10H18N2O3S/c1-16(14,15)11-9-4-6-12(7-5-9)10(13)8-2-3-8/h8-9,11H,2-7H2,1H3. The van der Waals surface area contributed by atoms with Crippen LogP contribution in [0, 0.1) is 5.92 Å². The number of rotatable bonds is 3. The summed E-state index contributed by atoms with van der Waals surface area (Å²) in [4.78, 5) is 13.6. The zero-order chi connectivity index (χ0) is 11.8. The Morgan fingerprint density at radius 2 is 1.75 bits per heavy atom. The van der Waals surface area contributed by atoms with Gasteiger partial charge in [-0.2, -0.15) is 0 Å². The summed E-state index contributed by atoms with van der Waals surface area (Å²) in [6.45, 7) is 1.37. The van der Waals surface area contributed by atoms with E-state index in [2.05, 4.69) is 4.72 Å². The van der Waals surface area contributed by atoms with E-state index < -0.39 is 10.0 Å². The summed E-state index contributed by atoms with van der Waals surface area (Å²) < 4.78 is 24.7. The number of likely N-dealkylation sites (tertiary alicyclic amines) is 1. The lowest BCUT2D eigenvalue weighted by Gasteiger charge is -2.32. The molecule has 1 saturated heterocycles. The smallest absolute Gasteiger partial charge is 0.225 e. The maximum Gasteiger partial charge on any atom is 0.225 e. The van der Waals surface area contributed by atoms with Gasteiger partial charge in [-0.25, -0.2) is 13.1 Å². The molecule has 0 aromatic rings. The van der Waals surface area contributed by atoms with E-state index in [1.54, 1.807) is 0 Å². The van der Waals surface area contributed by atoms with Crippen molar-refractivity contribution in [1.29, 1.82) is 0 Å². The summed E-state index contributed by atoms with van der Waals surface area (Å²) in [5, 5.41) is 0. The molecule has 1 heterocycles. The van der Waals surface area contributed by atoms with Crippen LogP contribution in [0.15, 0.2) is 0 Å². The van der Waals surface area contributed by atoms with Crippen LogP contribution in [0.25, 0.3) is 0 Å². The molecule has 2 fully saturated rings. The molecule has 5 nitrogen and oxygen atoms in total. The highest BCUT2D eigenvalue weighted by Gasteiger charge is 2.35. The zero-order valence-electron chi connectivity index (χ0n) is 9.48. The number of nitrogens with zero attached hydrogens (tertiary/aromatic N) is 1. The van der Waals surface area contributed by atoms with Crippen LogP contribution in [0.4, 0.5) is 0 Å². The van der Waals surface area contributed by atoms with Gasteiger partial charge in [0.2, 0.25) is 15.9 Å². The molecule has 1 saturated carbocycles. The molecule has 0 aromatic heterocycles. The summed E-state index contributed by atoms with van der Waals surface area (Å²) in [7, 11) is -3.12. The number of hydrogen-bond acceptors (Lipinski definition) is 3. The highest BCUT2D eigenvalue weighted by molar-refractivity contribution is 7.88. The number of piperidine rings is 1. The Morgan fingerprint density at radius 3 is 2.19 bits per heavy atom. The normalized spacial score (nSPS) is 23.4. The van der Waals surface area contributed by atoms with E-state index in [0.717, 1.165) is 25.7 Å². The van der Waals surface area contributed by atoms with Gasteiger partial charge in [0.1, 0.15) is 0 Å². The van der Waals surface area contributed by atoms with Crippen LogP contribution in [0.5, 0.6) is 0 Å². The second-order valence-electron chi connectivity index (χ2n) is 4.76. The lowest BCUT2D eigenvalue weighted by molar-refractivity contribution is -0.133. The van der Waals surface area contributed by atoms with E-state index in [0.29, 0.717) is 13.1 Å². The third-order valence-corrected chi connectivity index (χ3v) is 3.88. The molecule has 92 valence electrons. The average Bonchev–Trinajstić information content (AvgIpc) is 2.98. The van der Waals surface area contributed by atoms with Gasteiger partial charge in [-0.15, -0.1) is 0 Å². The van der Waals surface area contributed by atoms with Gasteiger partial charge >= 0.3 is 0 Å². The number of nitrogens with one attached hydrogen (secondary N) is 1.